The summed E-state index contributed by atoms with van der Waals surface area (Å²) in [7, 11) is 0. The van der Waals surface area contributed by atoms with Crippen LogP contribution in [-0.4, -0.2) is 4.98 Å². The van der Waals surface area contributed by atoms with Crippen molar-refractivity contribution >= 4 is 11.3 Å². The second-order valence-corrected chi connectivity index (χ2v) is 2.56. The van der Waals surface area contributed by atoms with E-state index in [0.29, 0.717) is 5.69 Å². The van der Waals surface area contributed by atoms with Crippen molar-refractivity contribution in [3.8, 4) is 0 Å². The predicted molar refractivity (Wildman–Crippen MR) is 45.7 cm³/mol. The normalized spacial score (nSPS) is 9.64. The summed E-state index contributed by atoms with van der Waals surface area (Å²) in [5.74, 6) is 0. The van der Waals surface area contributed by atoms with Crippen LogP contribution in [0.1, 0.15) is 18.3 Å². The van der Waals surface area contributed by atoms with Crippen LogP contribution < -0.4 is 0 Å². The van der Waals surface area contributed by atoms with Crippen molar-refractivity contribution in [2.24, 2.45) is 5.18 Å². The minimum Gasteiger partial charge on any atom is -0.357 e. The Morgan fingerprint density at radius 3 is 2.64 bits per heavy atom. The van der Waals surface area contributed by atoms with Gasteiger partial charge in [-0.3, -0.25) is 0 Å². The van der Waals surface area contributed by atoms with Gasteiger partial charge in [0.05, 0.1) is 0 Å². The van der Waals surface area contributed by atoms with Gasteiger partial charge in [-0.25, -0.2) is 0 Å². The summed E-state index contributed by atoms with van der Waals surface area (Å²) in [5.41, 5.74) is 3.03. The van der Waals surface area contributed by atoms with Crippen molar-refractivity contribution in [2.45, 2.75) is 13.8 Å². The number of hydrogen-bond donors (Lipinski definition) is 1. The Morgan fingerprint density at radius 1 is 1.73 bits per heavy atom. The average molecular weight is 150 g/mol. The molecule has 0 spiro atoms. The Kier molecular flexibility index (Phi) is 1.89. The van der Waals surface area contributed by atoms with Crippen LogP contribution in [0.3, 0.4) is 0 Å². The highest BCUT2D eigenvalue weighted by Crippen LogP contribution is 2.22. The lowest BCUT2D eigenvalue weighted by Crippen LogP contribution is -1.75. The first-order valence-electron chi connectivity index (χ1n) is 3.34. The number of aromatic nitrogens is 1. The van der Waals surface area contributed by atoms with Crippen LogP contribution in [-0.2, 0) is 0 Å². The molecule has 0 aliphatic carbocycles. The second kappa shape index (κ2) is 2.70. The Balaban J connectivity index is 3.14. The van der Waals surface area contributed by atoms with Gasteiger partial charge in [-0.05, 0) is 30.7 Å². The highest BCUT2D eigenvalue weighted by molar-refractivity contribution is 5.63. The number of nitrogens with zero attached hydrogens (tertiary/aromatic N) is 1. The van der Waals surface area contributed by atoms with Gasteiger partial charge in [0.2, 0.25) is 0 Å². The van der Waals surface area contributed by atoms with E-state index in [1.165, 1.54) is 0 Å². The summed E-state index contributed by atoms with van der Waals surface area (Å²) in [6.07, 6.45) is 0. The summed E-state index contributed by atoms with van der Waals surface area (Å²) in [4.78, 5) is 13.2. The predicted octanol–water partition coefficient (Wildman–Crippen LogP) is 2.75. The van der Waals surface area contributed by atoms with E-state index in [0.717, 1.165) is 17.0 Å². The van der Waals surface area contributed by atoms with Gasteiger partial charge in [0.15, 0.2) is 0 Å². The molecule has 0 amide bonds. The van der Waals surface area contributed by atoms with Crippen LogP contribution in [0.2, 0.25) is 0 Å². The van der Waals surface area contributed by atoms with Crippen LogP contribution in [0.15, 0.2) is 17.8 Å². The quantitative estimate of drug-likeness (QED) is 0.647. The number of hydrogen-bond acceptors (Lipinski definition) is 2. The van der Waals surface area contributed by atoms with Crippen LogP contribution in [0.4, 0.5) is 5.69 Å². The van der Waals surface area contributed by atoms with Crippen LogP contribution >= 0.6 is 0 Å². The monoisotopic (exact) mass is 150 g/mol. The van der Waals surface area contributed by atoms with E-state index in [4.69, 9.17) is 0 Å². The molecular weight excluding hydrogens is 140 g/mol. The number of aryl methyl sites for hydroxylation is 1. The first kappa shape index (κ1) is 7.72. The van der Waals surface area contributed by atoms with Crippen molar-refractivity contribution in [3.63, 3.8) is 0 Å². The second-order valence-electron chi connectivity index (χ2n) is 2.56. The molecule has 1 aromatic rings. The smallest absolute Gasteiger partial charge is 0.128 e. The molecule has 0 aromatic carbocycles. The Morgan fingerprint density at radius 2 is 2.36 bits per heavy atom. The molecule has 1 rings (SSSR count). The Labute approximate surface area is 65.1 Å². The van der Waals surface area contributed by atoms with Gasteiger partial charge in [0.25, 0.3) is 0 Å². The molecular formula is C8H10N2O. The third kappa shape index (κ3) is 1.37. The Hall–Kier alpha value is -1.38. The molecule has 0 fully saturated rings. The molecule has 0 atom stereocenters. The molecule has 0 saturated heterocycles. The lowest BCUT2D eigenvalue weighted by atomic mass is 10.2. The third-order valence-electron chi connectivity index (χ3n) is 1.55. The van der Waals surface area contributed by atoms with E-state index < -0.39 is 0 Å². The van der Waals surface area contributed by atoms with Gasteiger partial charge in [-0.2, -0.15) is 0 Å². The molecule has 58 valence electrons. The van der Waals surface area contributed by atoms with E-state index in [9.17, 15) is 4.91 Å². The number of aromatic amines is 1. The summed E-state index contributed by atoms with van der Waals surface area (Å²) in [6.45, 7) is 7.42. The molecule has 0 aliphatic heterocycles. The minimum atomic E-state index is 0.461. The molecule has 0 bridgehead atoms. The first-order chi connectivity index (χ1) is 5.15. The summed E-state index contributed by atoms with van der Waals surface area (Å²) in [6, 6.07) is 1.70. The standard InChI is InChI=1S/C8H10N2O/c1-5(2)7-4-8(10-11)6(3)9-7/h4,9H,1H2,2-3H3. The summed E-state index contributed by atoms with van der Waals surface area (Å²) >= 11 is 0. The lowest BCUT2D eigenvalue weighted by Gasteiger charge is -1.89. The summed E-state index contributed by atoms with van der Waals surface area (Å²) < 4.78 is 0. The van der Waals surface area contributed by atoms with Gasteiger partial charge in [0, 0.05) is 11.4 Å². The Bertz CT molecular complexity index is 299. The van der Waals surface area contributed by atoms with Gasteiger partial charge < -0.3 is 4.98 Å². The molecule has 0 radical (unpaired) electrons. The van der Waals surface area contributed by atoms with Crippen molar-refractivity contribution in [2.75, 3.05) is 0 Å². The lowest BCUT2D eigenvalue weighted by molar-refractivity contribution is 1.23. The zero-order chi connectivity index (χ0) is 8.43. The maximum atomic E-state index is 10.2. The van der Waals surface area contributed by atoms with E-state index in [-0.39, 0.29) is 0 Å². The highest BCUT2D eigenvalue weighted by atomic mass is 16.3. The number of H-pyrrole nitrogens is 1. The van der Waals surface area contributed by atoms with E-state index in [1.807, 2.05) is 13.8 Å². The number of rotatable bonds is 2. The van der Waals surface area contributed by atoms with Crippen LogP contribution in [0.25, 0.3) is 5.57 Å². The van der Waals surface area contributed by atoms with Gasteiger partial charge >= 0.3 is 0 Å². The van der Waals surface area contributed by atoms with Crippen molar-refractivity contribution < 1.29 is 0 Å². The fraction of sp³-hybridized carbons (Fsp3) is 0.250. The molecule has 1 N–H and O–H groups in total. The van der Waals surface area contributed by atoms with E-state index in [2.05, 4.69) is 16.7 Å². The third-order valence-corrected chi connectivity index (χ3v) is 1.55. The first-order valence-corrected chi connectivity index (χ1v) is 3.34. The maximum Gasteiger partial charge on any atom is 0.128 e. The average Bonchev–Trinajstić information content (AvgIpc) is 2.31. The topological polar surface area (TPSA) is 45.2 Å². The van der Waals surface area contributed by atoms with Crippen molar-refractivity contribution in [3.05, 3.63) is 28.9 Å². The van der Waals surface area contributed by atoms with E-state index >= 15 is 0 Å². The molecule has 3 nitrogen and oxygen atoms in total. The maximum absolute atomic E-state index is 10.2. The molecule has 3 heteroatoms. The number of nitroso groups, excluding NO2 is 1. The largest absolute Gasteiger partial charge is 0.357 e. The number of nitrogens with one attached hydrogen (secondary N) is 1. The fourth-order valence-electron chi connectivity index (χ4n) is 0.872. The molecule has 11 heavy (non-hydrogen) atoms. The fourth-order valence-corrected chi connectivity index (χ4v) is 0.872. The SMILES string of the molecule is C=C(C)c1cc(N=O)c(C)[nH]1. The van der Waals surface area contributed by atoms with Crippen molar-refractivity contribution in [1.29, 1.82) is 0 Å². The van der Waals surface area contributed by atoms with Crippen molar-refractivity contribution in [1.82, 2.24) is 4.98 Å². The number of allylic oxidation sites excluding steroid dienone is 1. The zero-order valence-corrected chi connectivity index (χ0v) is 6.64. The zero-order valence-electron chi connectivity index (χ0n) is 6.64. The van der Waals surface area contributed by atoms with Gasteiger partial charge in [-0.1, -0.05) is 6.58 Å². The molecule has 0 saturated carbocycles. The van der Waals surface area contributed by atoms with Gasteiger partial charge in [-0.15, -0.1) is 4.91 Å². The summed E-state index contributed by atoms with van der Waals surface area (Å²) in [5, 5.41) is 2.85. The molecule has 0 aliphatic rings. The highest BCUT2D eigenvalue weighted by Gasteiger charge is 2.03. The molecule has 1 aromatic heterocycles. The van der Waals surface area contributed by atoms with E-state index in [1.54, 1.807) is 6.07 Å². The molecule has 0 unspecified atom stereocenters. The van der Waals surface area contributed by atoms with Gasteiger partial charge in [0.1, 0.15) is 5.69 Å². The molecule has 1 heterocycles. The van der Waals surface area contributed by atoms with Crippen LogP contribution in [0.5, 0.6) is 0 Å². The van der Waals surface area contributed by atoms with Crippen LogP contribution in [0, 0.1) is 11.8 Å². The minimum absolute atomic E-state index is 0.461.